The van der Waals surface area contributed by atoms with Crippen LogP contribution in [0.1, 0.15) is 38.3 Å². The van der Waals surface area contributed by atoms with Crippen molar-refractivity contribution in [3.63, 3.8) is 0 Å². The maximum atomic E-state index is 12.0. The molecule has 2 rings (SSSR count). The van der Waals surface area contributed by atoms with Crippen LogP contribution in [0.15, 0.2) is 17.4 Å². The van der Waals surface area contributed by atoms with Gasteiger partial charge in [0.2, 0.25) is 0 Å². The second-order valence-corrected chi connectivity index (χ2v) is 6.74. The average Bonchev–Trinajstić information content (AvgIpc) is 3.26. The maximum Gasteiger partial charge on any atom is 0.325 e. The van der Waals surface area contributed by atoms with Crippen molar-refractivity contribution in [3.8, 4) is 0 Å². The fourth-order valence-electron chi connectivity index (χ4n) is 2.22. The van der Waals surface area contributed by atoms with Crippen molar-refractivity contribution < 1.29 is 9.53 Å². The fourth-order valence-corrected chi connectivity index (χ4v) is 3.04. The van der Waals surface area contributed by atoms with Crippen LogP contribution in [0.3, 0.4) is 0 Å². The third kappa shape index (κ3) is 4.97. The van der Waals surface area contributed by atoms with E-state index in [0.29, 0.717) is 6.04 Å². The van der Waals surface area contributed by atoms with Crippen LogP contribution in [0.4, 0.5) is 0 Å². The van der Waals surface area contributed by atoms with Crippen LogP contribution in [0.2, 0.25) is 0 Å². The molecule has 0 saturated heterocycles. The van der Waals surface area contributed by atoms with Gasteiger partial charge in [-0.25, -0.2) is 9.97 Å². The Bertz CT molecular complexity index is 494. The number of carbonyl (C=O) groups excluding carboxylic acids is 1. The highest BCUT2D eigenvalue weighted by atomic mass is 32.2. The van der Waals surface area contributed by atoms with Crippen molar-refractivity contribution in [1.82, 2.24) is 15.3 Å². The van der Waals surface area contributed by atoms with Gasteiger partial charge in [-0.2, -0.15) is 0 Å². The summed E-state index contributed by atoms with van der Waals surface area (Å²) in [6, 6.07) is 2.36. The standard InChI is InChI=1S/C15H23N3O2S/c1-11-7-9-16-14(17-11)21-10-4-8-15(2,13(19)20-3)18-12-5-6-12/h7,9,12,18H,4-6,8,10H2,1-3H3. The number of ether oxygens (including phenoxy) is 1. The van der Waals surface area contributed by atoms with E-state index >= 15 is 0 Å². The molecule has 5 nitrogen and oxygen atoms in total. The van der Waals surface area contributed by atoms with E-state index < -0.39 is 5.54 Å². The summed E-state index contributed by atoms with van der Waals surface area (Å²) in [5.41, 5.74) is 0.395. The predicted molar refractivity (Wildman–Crippen MR) is 83.3 cm³/mol. The number of hydrogen-bond acceptors (Lipinski definition) is 6. The van der Waals surface area contributed by atoms with E-state index in [0.717, 1.165) is 42.3 Å². The zero-order valence-electron chi connectivity index (χ0n) is 12.9. The van der Waals surface area contributed by atoms with Gasteiger partial charge in [0.15, 0.2) is 5.16 Å². The molecule has 1 unspecified atom stereocenters. The third-order valence-corrected chi connectivity index (χ3v) is 4.51. The van der Waals surface area contributed by atoms with Gasteiger partial charge in [0.1, 0.15) is 5.54 Å². The van der Waals surface area contributed by atoms with E-state index in [1.165, 1.54) is 7.11 Å². The van der Waals surface area contributed by atoms with Crippen molar-refractivity contribution in [2.45, 2.75) is 56.3 Å². The van der Waals surface area contributed by atoms with Gasteiger partial charge >= 0.3 is 5.97 Å². The molecule has 0 radical (unpaired) electrons. The molecule has 1 aromatic heterocycles. The summed E-state index contributed by atoms with van der Waals surface area (Å²) in [5, 5.41) is 4.21. The Morgan fingerprint density at radius 1 is 1.57 bits per heavy atom. The first-order chi connectivity index (χ1) is 10.0. The van der Waals surface area contributed by atoms with Crippen LogP contribution in [0, 0.1) is 6.92 Å². The molecule has 1 fully saturated rings. The lowest BCUT2D eigenvalue weighted by Crippen LogP contribution is -2.51. The average molecular weight is 309 g/mol. The van der Waals surface area contributed by atoms with Crippen molar-refractivity contribution in [1.29, 1.82) is 0 Å². The van der Waals surface area contributed by atoms with Crippen molar-refractivity contribution >= 4 is 17.7 Å². The SMILES string of the molecule is COC(=O)C(C)(CCCSc1nccc(C)n1)NC1CC1. The van der Waals surface area contributed by atoms with Gasteiger partial charge in [-0.05, 0) is 45.6 Å². The van der Waals surface area contributed by atoms with Crippen LogP contribution in [-0.4, -0.2) is 40.4 Å². The molecule has 1 heterocycles. The van der Waals surface area contributed by atoms with Gasteiger partial charge in [-0.1, -0.05) is 11.8 Å². The van der Waals surface area contributed by atoms with Crippen molar-refractivity contribution in [2.75, 3.05) is 12.9 Å². The summed E-state index contributed by atoms with van der Waals surface area (Å²) in [6.07, 6.45) is 5.75. The highest BCUT2D eigenvalue weighted by Crippen LogP contribution is 2.26. The number of nitrogens with zero attached hydrogens (tertiary/aromatic N) is 2. The van der Waals surface area contributed by atoms with Crippen LogP contribution >= 0.6 is 11.8 Å². The number of aryl methyl sites for hydroxylation is 1. The molecule has 116 valence electrons. The van der Waals surface area contributed by atoms with E-state index in [1.54, 1.807) is 18.0 Å². The van der Waals surface area contributed by atoms with E-state index in [2.05, 4.69) is 15.3 Å². The summed E-state index contributed by atoms with van der Waals surface area (Å²) in [4.78, 5) is 20.6. The first-order valence-corrected chi connectivity index (χ1v) is 8.30. The summed E-state index contributed by atoms with van der Waals surface area (Å²) in [5.74, 6) is 0.716. The number of nitrogens with one attached hydrogen (secondary N) is 1. The molecule has 6 heteroatoms. The summed E-state index contributed by atoms with van der Waals surface area (Å²) in [7, 11) is 1.45. The molecule has 1 saturated carbocycles. The number of rotatable bonds is 8. The Morgan fingerprint density at radius 3 is 2.95 bits per heavy atom. The normalized spacial score (nSPS) is 17.3. The lowest BCUT2D eigenvalue weighted by atomic mass is 9.96. The molecule has 1 aromatic rings. The molecule has 1 atom stereocenters. The number of thioether (sulfide) groups is 1. The first kappa shape index (κ1) is 16.2. The van der Waals surface area contributed by atoms with E-state index in [-0.39, 0.29) is 5.97 Å². The fraction of sp³-hybridized carbons (Fsp3) is 0.667. The third-order valence-electron chi connectivity index (χ3n) is 3.56. The van der Waals surface area contributed by atoms with Crippen LogP contribution < -0.4 is 5.32 Å². The largest absolute Gasteiger partial charge is 0.468 e. The van der Waals surface area contributed by atoms with Crippen LogP contribution in [0.25, 0.3) is 0 Å². The molecule has 21 heavy (non-hydrogen) atoms. The molecule has 1 N–H and O–H groups in total. The number of aromatic nitrogens is 2. The van der Waals surface area contributed by atoms with Gasteiger partial charge in [-0.15, -0.1) is 0 Å². The smallest absolute Gasteiger partial charge is 0.325 e. The van der Waals surface area contributed by atoms with E-state index in [1.807, 2.05) is 19.9 Å². The zero-order valence-corrected chi connectivity index (χ0v) is 13.7. The Labute approximate surface area is 130 Å². The van der Waals surface area contributed by atoms with E-state index in [9.17, 15) is 4.79 Å². The highest BCUT2D eigenvalue weighted by Gasteiger charge is 2.38. The Balaban J connectivity index is 1.80. The van der Waals surface area contributed by atoms with E-state index in [4.69, 9.17) is 4.74 Å². The Morgan fingerprint density at radius 2 is 2.33 bits per heavy atom. The van der Waals surface area contributed by atoms with Gasteiger partial charge in [0.25, 0.3) is 0 Å². The highest BCUT2D eigenvalue weighted by molar-refractivity contribution is 7.99. The molecule has 0 bridgehead atoms. The molecular weight excluding hydrogens is 286 g/mol. The first-order valence-electron chi connectivity index (χ1n) is 7.32. The number of esters is 1. The zero-order chi connectivity index (χ0) is 15.3. The van der Waals surface area contributed by atoms with Crippen LogP contribution in [0.5, 0.6) is 0 Å². The van der Waals surface area contributed by atoms with Crippen molar-refractivity contribution in [3.05, 3.63) is 18.0 Å². The lowest BCUT2D eigenvalue weighted by Gasteiger charge is -2.28. The quantitative estimate of drug-likeness (QED) is 0.344. The Kier molecular flexibility index (Phi) is 5.58. The minimum Gasteiger partial charge on any atom is -0.468 e. The molecule has 1 aliphatic carbocycles. The molecule has 1 aliphatic rings. The second kappa shape index (κ2) is 7.22. The van der Waals surface area contributed by atoms with Gasteiger partial charge < -0.3 is 4.74 Å². The Hall–Kier alpha value is -1.14. The monoisotopic (exact) mass is 309 g/mol. The number of hydrogen-bond donors (Lipinski definition) is 1. The summed E-state index contributed by atoms with van der Waals surface area (Å²) >= 11 is 1.63. The minimum atomic E-state index is -0.579. The topological polar surface area (TPSA) is 64.1 Å². The molecule has 0 spiro atoms. The molecule has 0 amide bonds. The van der Waals surface area contributed by atoms with Crippen molar-refractivity contribution in [2.24, 2.45) is 0 Å². The maximum absolute atomic E-state index is 12.0. The second-order valence-electron chi connectivity index (χ2n) is 5.67. The minimum absolute atomic E-state index is 0.175. The summed E-state index contributed by atoms with van der Waals surface area (Å²) in [6.45, 7) is 3.89. The number of carbonyl (C=O) groups is 1. The summed E-state index contributed by atoms with van der Waals surface area (Å²) < 4.78 is 4.94. The molecular formula is C15H23N3O2S. The van der Waals surface area contributed by atoms with Gasteiger partial charge in [0, 0.05) is 23.7 Å². The van der Waals surface area contributed by atoms with Gasteiger partial charge in [0.05, 0.1) is 7.11 Å². The molecule has 0 aliphatic heterocycles. The number of methoxy groups -OCH3 is 1. The lowest BCUT2D eigenvalue weighted by molar-refractivity contribution is -0.148. The predicted octanol–water partition coefficient (Wildman–Crippen LogP) is 2.34. The molecule has 0 aromatic carbocycles. The van der Waals surface area contributed by atoms with Gasteiger partial charge in [-0.3, -0.25) is 10.1 Å². The van der Waals surface area contributed by atoms with Crippen LogP contribution in [-0.2, 0) is 9.53 Å².